The van der Waals surface area contributed by atoms with Gasteiger partial charge >= 0.3 is 5.97 Å². The molecule has 0 aromatic carbocycles. The molecule has 2 fully saturated rings. The van der Waals surface area contributed by atoms with Crippen molar-refractivity contribution in [2.45, 2.75) is 44.6 Å². The van der Waals surface area contributed by atoms with Gasteiger partial charge in [-0.2, -0.15) is 0 Å². The summed E-state index contributed by atoms with van der Waals surface area (Å²) in [6.07, 6.45) is 6.70. The number of hydrogen-bond donors (Lipinski definition) is 0. The SMILES string of the molecule is O=C1C=C2CCC[C@@H]3OC(=O)C[C@@]23CC1. The van der Waals surface area contributed by atoms with Crippen LogP contribution in [0.5, 0.6) is 0 Å². The van der Waals surface area contributed by atoms with Crippen LogP contribution in [0.25, 0.3) is 0 Å². The number of carbonyl (C=O) groups is 2. The van der Waals surface area contributed by atoms with E-state index in [2.05, 4.69) is 0 Å². The molecule has 3 heteroatoms. The zero-order valence-electron chi connectivity index (χ0n) is 8.62. The van der Waals surface area contributed by atoms with Crippen molar-refractivity contribution in [1.82, 2.24) is 0 Å². The van der Waals surface area contributed by atoms with Gasteiger partial charge in [0.05, 0.1) is 6.42 Å². The number of ketones is 1. The Morgan fingerprint density at radius 2 is 2.20 bits per heavy atom. The van der Waals surface area contributed by atoms with Crippen molar-refractivity contribution in [3.8, 4) is 0 Å². The second kappa shape index (κ2) is 2.94. The topological polar surface area (TPSA) is 43.4 Å². The van der Waals surface area contributed by atoms with Gasteiger partial charge in [-0.3, -0.25) is 9.59 Å². The van der Waals surface area contributed by atoms with Crippen LogP contribution in [-0.4, -0.2) is 17.9 Å². The molecule has 3 aliphatic rings. The molecule has 80 valence electrons. The zero-order valence-corrected chi connectivity index (χ0v) is 8.62. The molecule has 0 N–H and O–H groups in total. The molecular formula is C12H14O3. The molecule has 0 aromatic rings. The zero-order chi connectivity index (χ0) is 10.5. The first-order valence-corrected chi connectivity index (χ1v) is 5.64. The van der Waals surface area contributed by atoms with Crippen molar-refractivity contribution in [2.24, 2.45) is 5.41 Å². The summed E-state index contributed by atoms with van der Waals surface area (Å²) >= 11 is 0. The van der Waals surface area contributed by atoms with Crippen molar-refractivity contribution in [3.63, 3.8) is 0 Å². The maximum absolute atomic E-state index is 11.4. The lowest BCUT2D eigenvalue weighted by atomic mass is 9.62. The molecular weight excluding hydrogens is 192 g/mol. The molecule has 3 nitrogen and oxygen atoms in total. The Kier molecular flexibility index (Phi) is 1.79. The maximum Gasteiger partial charge on any atom is 0.307 e. The van der Waals surface area contributed by atoms with E-state index in [1.807, 2.05) is 0 Å². The molecule has 15 heavy (non-hydrogen) atoms. The molecule has 0 unspecified atom stereocenters. The van der Waals surface area contributed by atoms with Crippen molar-refractivity contribution < 1.29 is 14.3 Å². The van der Waals surface area contributed by atoms with E-state index in [1.54, 1.807) is 6.08 Å². The number of carbonyl (C=O) groups excluding carboxylic acids is 2. The minimum atomic E-state index is -0.0940. The number of hydrogen-bond acceptors (Lipinski definition) is 3. The van der Waals surface area contributed by atoms with Crippen molar-refractivity contribution in [3.05, 3.63) is 11.6 Å². The third-order valence-electron chi connectivity index (χ3n) is 4.05. The molecule has 0 aromatic heterocycles. The lowest BCUT2D eigenvalue weighted by Gasteiger charge is -2.41. The van der Waals surface area contributed by atoms with Crippen LogP contribution in [0.4, 0.5) is 0 Å². The van der Waals surface area contributed by atoms with Gasteiger partial charge in [0.1, 0.15) is 6.10 Å². The van der Waals surface area contributed by atoms with Gasteiger partial charge in [0, 0.05) is 11.8 Å². The monoisotopic (exact) mass is 206 g/mol. The van der Waals surface area contributed by atoms with Gasteiger partial charge in [0.2, 0.25) is 0 Å². The third-order valence-corrected chi connectivity index (χ3v) is 4.05. The van der Waals surface area contributed by atoms with Crippen molar-refractivity contribution in [2.75, 3.05) is 0 Å². The van der Waals surface area contributed by atoms with Crippen LogP contribution in [0.15, 0.2) is 11.6 Å². The van der Waals surface area contributed by atoms with Gasteiger partial charge in [-0.05, 0) is 31.8 Å². The molecule has 1 aliphatic heterocycles. The Labute approximate surface area is 88.5 Å². The summed E-state index contributed by atoms with van der Waals surface area (Å²) in [5.74, 6) is 0.137. The van der Waals surface area contributed by atoms with E-state index in [4.69, 9.17) is 4.74 Å². The normalized spacial score (nSPS) is 39.2. The number of esters is 1. The van der Waals surface area contributed by atoms with E-state index in [-0.39, 0.29) is 23.3 Å². The van der Waals surface area contributed by atoms with Crippen molar-refractivity contribution in [1.29, 1.82) is 0 Å². The highest BCUT2D eigenvalue weighted by molar-refractivity contribution is 5.92. The second-order valence-corrected chi connectivity index (χ2v) is 4.84. The fourth-order valence-electron chi connectivity index (χ4n) is 3.31. The van der Waals surface area contributed by atoms with E-state index in [9.17, 15) is 9.59 Å². The van der Waals surface area contributed by atoms with Crippen LogP contribution in [-0.2, 0) is 14.3 Å². The van der Waals surface area contributed by atoms with Crippen molar-refractivity contribution >= 4 is 11.8 Å². The Balaban J connectivity index is 2.05. The third kappa shape index (κ3) is 1.18. The van der Waals surface area contributed by atoms with Crippen LogP contribution >= 0.6 is 0 Å². The van der Waals surface area contributed by atoms with Crippen LogP contribution in [0.2, 0.25) is 0 Å². The van der Waals surface area contributed by atoms with Gasteiger partial charge in [-0.1, -0.05) is 5.57 Å². The number of rotatable bonds is 0. The van der Waals surface area contributed by atoms with E-state index < -0.39 is 0 Å². The van der Waals surface area contributed by atoms with Crippen LogP contribution < -0.4 is 0 Å². The summed E-state index contributed by atoms with van der Waals surface area (Å²) in [5.41, 5.74) is 1.09. The summed E-state index contributed by atoms with van der Waals surface area (Å²) in [6, 6.07) is 0. The largest absolute Gasteiger partial charge is 0.461 e. The first-order chi connectivity index (χ1) is 7.21. The summed E-state index contributed by atoms with van der Waals surface area (Å²) in [7, 11) is 0. The minimum absolute atomic E-state index is 0.0538. The average Bonchev–Trinajstić information content (AvgIpc) is 2.52. The Hall–Kier alpha value is -1.12. The predicted octanol–water partition coefficient (Wildman–Crippen LogP) is 1.76. The molecule has 0 radical (unpaired) electrons. The van der Waals surface area contributed by atoms with Gasteiger partial charge in [-0.15, -0.1) is 0 Å². The smallest absolute Gasteiger partial charge is 0.307 e. The Morgan fingerprint density at radius 1 is 1.33 bits per heavy atom. The molecule has 1 saturated heterocycles. The molecule has 3 rings (SSSR count). The lowest BCUT2D eigenvalue weighted by molar-refractivity contribution is -0.142. The maximum atomic E-state index is 11.4. The molecule has 0 bridgehead atoms. The first kappa shape index (κ1) is 9.13. The fourth-order valence-corrected chi connectivity index (χ4v) is 3.31. The van der Waals surface area contributed by atoms with Gasteiger partial charge in [0.25, 0.3) is 0 Å². The summed E-state index contributed by atoms with van der Waals surface area (Å²) in [6.45, 7) is 0. The Morgan fingerprint density at radius 3 is 3.07 bits per heavy atom. The molecule has 1 heterocycles. The second-order valence-electron chi connectivity index (χ2n) is 4.84. The van der Waals surface area contributed by atoms with Crippen LogP contribution in [0.1, 0.15) is 38.5 Å². The molecule has 0 amide bonds. The molecule has 2 aliphatic carbocycles. The highest BCUT2D eigenvalue weighted by atomic mass is 16.6. The van der Waals surface area contributed by atoms with E-state index in [0.717, 1.165) is 25.7 Å². The quantitative estimate of drug-likeness (QED) is 0.567. The standard InChI is InChI=1S/C12H14O3/c13-9-4-5-12-7-11(14)15-10(12)3-1-2-8(12)6-9/h6,10H,1-5,7H2/t10-,12-/m0/s1. The molecule has 1 saturated carbocycles. The average molecular weight is 206 g/mol. The van der Waals surface area contributed by atoms with E-state index >= 15 is 0 Å². The van der Waals surface area contributed by atoms with Gasteiger partial charge < -0.3 is 4.74 Å². The van der Waals surface area contributed by atoms with E-state index in [0.29, 0.717) is 12.8 Å². The van der Waals surface area contributed by atoms with Crippen LogP contribution in [0, 0.1) is 5.41 Å². The number of ether oxygens (including phenoxy) is 1. The number of allylic oxidation sites excluding steroid dienone is 1. The van der Waals surface area contributed by atoms with Gasteiger partial charge in [0.15, 0.2) is 5.78 Å². The van der Waals surface area contributed by atoms with E-state index in [1.165, 1.54) is 5.57 Å². The highest BCUT2D eigenvalue weighted by Gasteiger charge is 2.53. The lowest BCUT2D eigenvalue weighted by Crippen LogP contribution is -2.39. The summed E-state index contributed by atoms with van der Waals surface area (Å²) in [5, 5.41) is 0. The predicted molar refractivity (Wildman–Crippen MR) is 53.1 cm³/mol. The molecule has 1 spiro atoms. The summed E-state index contributed by atoms with van der Waals surface area (Å²) < 4.78 is 5.37. The fraction of sp³-hybridized carbons (Fsp3) is 0.667. The van der Waals surface area contributed by atoms with Crippen LogP contribution in [0.3, 0.4) is 0 Å². The first-order valence-electron chi connectivity index (χ1n) is 5.64. The minimum Gasteiger partial charge on any atom is -0.461 e. The highest BCUT2D eigenvalue weighted by Crippen LogP contribution is 2.53. The Bertz CT molecular complexity index is 369. The molecule has 2 atom stereocenters. The summed E-state index contributed by atoms with van der Waals surface area (Å²) in [4.78, 5) is 22.8. The van der Waals surface area contributed by atoms with Gasteiger partial charge in [-0.25, -0.2) is 0 Å².